The number of hydrogen-bond donors (Lipinski definition) is 1. The first-order valence-corrected chi connectivity index (χ1v) is 8.35. The van der Waals surface area contributed by atoms with E-state index in [1.54, 1.807) is 18.7 Å². The lowest BCUT2D eigenvalue weighted by molar-refractivity contribution is 0.482. The van der Waals surface area contributed by atoms with Gasteiger partial charge in [-0.2, -0.15) is 0 Å². The van der Waals surface area contributed by atoms with Gasteiger partial charge in [-0.25, -0.2) is 4.98 Å². The van der Waals surface area contributed by atoms with Gasteiger partial charge in [0.25, 0.3) is 5.56 Å². The Hall–Kier alpha value is -1.40. The first-order valence-electron chi connectivity index (χ1n) is 6.96. The molecule has 1 aromatic heterocycles. The van der Waals surface area contributed by atoms with E-state index in [0.717, 1.165) is 34.2 Å². The minimum Gasteiger partial charge on any atom is -0.358 e. The zero-order chi connectivity index (χ0) is 15.4. The van der Waals surface area contributed by atoms with E-state index >= 15 is 0 Å². The third-order valence-corrected chi connectivity index (χ3v) is 4.87. The zero-order valence-corrected chi connectivity index (χ0v) is 14.1. The maximum Gasteiger partial charge on any atom is 0.258 e. The second-order valence-electron chi connectivity index (χ2n) is 4.73. The van der Waals surface area contributed by atoms with Crippen LogP contribution in [0.5, 0.6) is 0 Å². The molecule has 0 fully saturated rings. The van der Waals surface area contributed by atoms with Crippen LogP contribution in [-0.4, -0.2) is 32.3 Å². The summed E-state index contributed by atoms with van der Waals surface area (Å²) in [5.41, 5.74) is 1.73. The third-order valence-electron chi connectivity index (χ3n) is 3.27. The largest absolute Gasteiger partial charge is 0.358 e. The Labute approximate surface area is 134 Å². The van der Waals surface area contributed by atoms with Gasteiger partial charge in [0, 0.05) is 18.8 Å². The van der Waals surface area contributed by atoms with Crippen LogP contribution in [-0.2, 0) is 5.75 Å². The minimum absolute atomic E-state index is 0.0873. The summed E-state index contributed by atoms with van der Waals surface area (Å²) in [6.45, 7) is 7.82. The zero-order valence-electron chi connectivity index (χ0n) is 12.5. The summed E-state index contributed by atoms with van der Waals surface area (Å²) >= 11 is 7.05. The molecule has 0 radical (unpaired) electrons. The molecule has 0 spiro atoms. The fraction of sp³-hybridized carbons (Fsp3) is 0.400. The van der Waals surface area contributed by atoms with Crippen molar-refractivity contribution in [3.63, 3.8) is 0 Å². The average molecular weight is 321 g/mol. The molecule has 6 heteroatoms. The highest BCUT2D eigenvalue weighted by atomic mass is 32.2. The van der Waals surface area contributed by atoms with E-state index in [1.807, 2.05) is 18.2 Å². The fourth-order valence-corrected chi connectivity index (χ4v) is 3.46. The highest BCUT2D eigenvalue weighted by molar-refractivity contribution is 8.22. The number of aromatic amines is 1. The molecule has 1 N–H and O–H groups in total. The number of thiocarbonyl (C=S) groups is 1. The summed E-state index contributed by atoms with van der Waals surface area (Å²) in [7, 11) is 0. The van der Waals surface area contributed by atoms with E-state index in [-0.39, 0.29) is 5.56 Å². The lowest BCUT2D eigenvalue weighted by atomic mass is 10.2. The lowest BCUT2D eigenvalue weighted by Gasteiger charge is -2.20. The number of aryl methyl sites for hydroxylation is 1. The molecule has 0 aliphatic rings. The molecule has 0 unspecified atom stereocenters. The third kappa shape index (κ3) is 3.83. The monoisotopic (exact) mass is 321 g/mol. The van der Waals surface area contributed by atoms with E-state index < -0.39 is 0 Å². The van der Waals surface area contributed by atoms with Gasteiger partial charge < -0.3 is 9.88 Å². The molecule has 1 heterocycles. The maximum atomic E-state index is 12.0. The molecule has 21 heavy (non-hydrogen) atoms. The van der Waals surface area contributed by atoms with E-state index in [1.165, 1.54) is 0 Å². The summed E-state index contributed by atoms with van der Waals surface area (Å²) in [4.78, 5) is 21.2. The van der Waals surface area contributed by atoms with Crippen LogP contribution in [0.1, 0.15) is 25.2 Å². The molecule has 0 aliphatic heterocycles. The number of rotatable bonds is 4. The number of H-pyrrole nitrogens is 1. The molecule has 0 atom stereocenters. The average Bonchev–Trinajstić information content (AvgIpc) is 2.46. The molecule has 0 saturated heterocycles. The molecule has 4 nitrogen and oxygen atoms in total. The SMILES string of the molecule is CCN(CC)C(=S)SCc1ccc2nc(C)[nH]c(=O)c2c1. The van der Waals surface area contributed by atoms with Crippen LogP contribution >= 0.6 is 24.0 Å². The Kier molecular flexibility index (Phi) is 5.36. The van der Waals surface area contributed by atoms with Gasteiger partial charge in [-0.05, 0) is 38.5 Å². The van der Waals surface area contributed by atoms with Crippen molar-refractivity contribution >= 4 is 39.2 Å². The molecule has 0 aliphatic carbocycles. The summed E-state index contributed by atoms with van der Waals surface area (Å²) < 4.78 is 0.899. The minimum atomic E-state index is -0.0873. The Morgan fingerprint density at radius 2 is 2.10 bits per heavy atom. The first kappa shape index (κ1) is 16.0. The highest BCUT2D eigenvalue weighted by Crippen LogP contribution is 2.19. The van der Waals surface area contributed by atoms with Crippen molar-refractivity contribution in [1.29, 1.82) is 0 Å². The van der Waals surface area contributed by atoms with Crippen molar-refractivity contribution in [1.82, 2.24) is 14.9 Å². The van der Waals surface area contributed by atoms with Crippen LogP contribution in [0.25, 0.3) is 10.9 Å². The first-order chi connectivity index (χ1) is 10.0. The van der Waals surface area contributed by atoms with E-state index in [9.17, 15) is 4.79 Å². The molecule has 112 valence electrons. The van der Waals surface area contributed by atoms with E-state index in [2.05, 4.69) is 28.7 Å². The normalized spacial score (nSPS) is 10.8. The van der Waals surface area contributed by atoms with Crippen LogP contribution in [0, 0.1) is 6.92 Å². The molecule has 0 saturated carbocycles. The standard InChI is InChI=1S/C15H19N3OS2/c1-4-18(5-2)15(20)21-9-11-6-7-13-12(8-11)14(19)17-10(3)16-13/h6-8H,4-5,9H2,1-3H3,(H,16,17,19). The van der Waals surface area contributed by atoms with Gasteiger partial charge in [-0.1, -0.05) is 30.0 Å². The molecule has 1 aromatic carbocycles. The van der Waals surface area contributed by atoms with Crippen molar-refractivity contribution in [2.75, 3.05) is 13.1 Å². The number of fused-ring (bicyclic) bond motifs is 1. The second-order valence-corrected chi connectivity index (χ2v) is 6.34. The summed E-state index contributed by atoms with van der Waals surface area (Å²) in [6.07, 6.45) is 0. The van der Waals surface area contributed by atoms with Crippen molar-refractivity contribution in [3.8, 4) is 0 Å². The molecule has 2 rings (SSSR count). The van der Waals surface area contributed by atoms with Crippen LogP contribution in [0.15, 0.2) is 23.0 Å². The predicted molar refractivity (Wildman–Crippen MR) is 93.9 cm³/mol. The molecule has 0 bridgehead atoms. The van der Waals surface area contributed by atoms with Gasteiger partial charge in [0.1, 0.15) is 10.1 Å². The summed E-state index contributed by atoms with van der Waals surface area (Å²) in [6, 6.07) is 5.80. The highest BCUT2D eigenvalue weighted by Gasteiger charge is 2.08. The van der Waals surface area contributed by atoms with E-state index in [4.69, 9.17) is 12.2 Å². The lowest BCUT2D eigenvalue weighted by Crippen LogP contribution is -2.26. The van der Waals surface area contributed by atoms with Gasteiger partial charge in [-0.3, -0.25) is 4.79 Å². The Morgan fingerprint density at radius 3 is 2.76 bits per heavy atom. The quantitative estimate of drug-likeness (QED) is 0.877. The van der Waals surface area contributed by atoms with E-state index in [0.29, 0.717) is 11.2 Å². The Balaban J connectivity index is 2.17. The number of hydrogen-bond acceptors (Lipinski definition) is 4. The molecule has 2 aromatic rings. The number of aromatic nitrogens is 2. The fourth-order valence-electron chi connectivity index (χ4n) is 2.11. The number of nitrogens with one attached hydrogen (secondary N) is 1. The topological polar surface area (TPSA) is 49.0 Å². The number of thioether (sulfide) groups is 1. The Bertz CT molecular complexity index is 708. The smallest absolute Gasteiger partial charge is 0.258 e. The number of benzene rings is 1. The van der Waals surface area contributed by atoms with Gasteiger partial charge >= 0.3 is 0 Å². The van der Waals surface area contributed by atoms with Crippen LogP contribution in [0.2, 0.25) is 0 Å². The second kappa shape index (κ2) is 7.04. The van der Waals surface area contributed by atoms with Crippen LogP contribution in [0.3, 0.4) is 0 Å². The maximum absolute atomic E-state index is 12.0. The molecular weight excluding hydrogens is 302 g/mol. The van der Waals surface area contributed by atoms with Crippen molar-refractivity contribution in [2.24, 2.45) is 0 Å². The predicted octanol–water partition coefficient (Wildman–Crippen LogP) is 3.09. The van der Waals surface area contributed by atoms with Crippen molar-refractivity contribution in [2.45, 2.75) is 26.5 Å². The Morgan fingerprint density at radius 1 is 1.38 bits per heavy atom. The van der Waals surface area contributed by atoms with Crippen LogP contribution < -0.4 is 5.56 Å². The van der Waals surface area contributed by atoms with Gasteiger partial charge in [0.15, 0.2) is 0 Å². The van der Waals surface area contributed by atoms with Crippen molar-refractivity contribution < 1.29 is 0 Å². The molecular formula is C15H19N3OS2. The summed E-state index contributed by atoms with van der Waals surface area (Å²) in [5, 5.41) is 0.632. The van der Waals surface area contributed by atoms with Crippen LogP contribution in [0.4, 0.5) is 0 Å². The summed E-state index contributed by atoms with van der Waals surface area (Å²) in [5.74, 6) is 1.40. The van der Waals surface area contributed by atoms with Crippen molar-refractivity contribution in [3.05, 3.63) is 39.9 Å². The van der Waals surface area contributed by atoms with Gasteiger partial charge in [-0.15, -0.1) is 0 Å². The van der Waals surface area contributed by atoms with Gasteiger partial charge in [0.2, 0.25) is 0 Å². The molecule has 0 amide bonds. The number of nitrogens with zero attached hydrogens (tertiary/aromatic N) is 2. The van der Waals surface area contributed by atoms with Gasteiger partial charge in [0.05, 0.1) is 10.9 Å².